The lowest BCUT2D eigenvalue weighted by molar-refractivity contribution is 0.261. The third kappa shape index (κ3) is 3.37. The van der Waals surface area contributed by atoms with Crippen LogP contribution in [0.15, 0.2) is 35.8 Å². The van der Waals surface area contributed by atoms with Crippen LogP contribution in [0.25, 0.3) is 10.2 Å². The molecule has 6 heteroatoms. The molecule has 0 aromatic carbocycles. The molecule has 21 heavy (non-hydrogen) atoms. The Hall–Kier alpha value is -1.56. The topological polar surface area (TPSA) is 41.9 Å². The number of thiophene rings is 1. The number of rotatable bonds is 5. The maximum atomic E-state index is 6.22. The molecule has 0 unspecified atom stereocenters. The van der Waals surface area contributed by atoms with Gasteiger partial charge in [-0.05, 0) is 30.1 Å². The van der Waals surface area contributed by atoms with Crippen molar-refractivity contribution < 1.29 is 0 Å². The maximum absolute atomic E-state index is 6.22. The van der Waals surface area contributed by atoms with Crippen molar-refractivity contribution in [2.75, 3.05) is 6.54 Å². The van der Waals surface area contributed by atoms with E-state index in [1.807, 2.05) is 35.8 Å². The molecule has 0 saturated carbocycles. The summed E-state index contributed by atoms with van der Waals surface area (Å²) in [5, 5.41) is 3.45. The van der Waals surface area contributed by atoms with E-state index in [0.29, 0.717) is 11.7 Å². The molecule has 0 radical (unpaired) electrons. The highest BCUT2D eigenvalue weighted by atomic mass is 35.5. The van der Waals surface area contributed by atoms with E-state index >= 15 is 0 Å². The van der Waals surface area contributed by atoms with Crippen LogP contribution in [0.4, 0.5) is 0 Å². The van der Waals surface area contributed by atoms with Crippen molar-refractivity contribution in [2.24, 2.45) is 0 Å². The summed E-state index contributed by atoms with van der Waals surface area (Å²) in [4.78, 5) is 16.5. The van der Waals surface area contributed by atoms with Gasteiger partial charge in [0.05, 0.1) is 12.2 Å². The second-order valence-electron chi connectivity index (χ2n) is 4.69. The van der Waals surface area contributed by atoms with E-state index < -0.39 is 0 Å². The van der Waals surface area contributed by atoms with Crippen molar-refractivity contribution in [1.82, 2.24) is 19.9 Å². The minimum Gasteiger partial charge on any atom is -0.290 e. The van der Waals surface area contributed by atoms with Gasteiger partial charge in [0.2, 0.25) is 0 Å². The highest BCUT2D eigenvalue weighted by Crippen LogP contribution is 2.25. The molecule has 0 aliphatic rings. The molecule has 0 amide bonds. The first kappa shape index (κ1) is 14.4. The fourth-order valence-corrected chi connectivity index (χ4v) is 3.22. The van der Waals surface area contributed by atoms with Crippen LogP contribution in [0, 0.1) is 0 Å². The van der Waals surface area contributed by atoms with Crippen molar-refractivity contribution in [1.29, 1.82) is 0 Å². The van der Waals surface area contributed by atoms with Crippen molar-refractivity contribution in [3.05, 3.63) is 52.5 Å². The Morgan fingerprint density at radius 1 is 1.19 bits per heavy atom. The first-order valence-electron chi connectivity index (χ1n) is 6.78. The largest absolute Gasteiger partial charge is 0.290 e. The summed E-state index contributed by atoms with van der Waals surface area (Å²) in [6.45, 7) is 4.47. The number of fused-ring (bicyclic) bond motifs is 1. The van der Waals surface area contributed by atoms with Gasteiger partial charge in [-0.3, -0.25) is 9.88 Å². The lowest BCUT2D eigenvalue weighted by atomic mass is 10.3. The number of halogens is 1. The van der Waals surface area contributed by atoms with Gasteiger partial charge in [-0.1, -0.05) is 24.6 Å². The second kappa shape index (κ2) is 6.47. The van der Waals surface area contributed by atoms with E-state index in [-0.39, 0.29) is 0 Å². The maximum Gasteiger partial charge on any atom is 0.145 e. The summed E-state index contributed by atoms with van der Waals surface area (Å²) in [7, 11) is 0. The third-order valence-electron chi connectivity index (χ3n) is 3.25. The first-order chi connectivity index (χ1) is 10.3. The van der Waals surface area contributed by atoms with Crippen LogP contribution < -0.4 is 0 Å². The number of aromatic nitrogens is 3. The highest BCUT2D eigenvalue weighted by molar-refractivity contribution is 7.16. The molecule has 0 aliphatic carbocycles. The fraction of sp³-hybridized carbons (Fsp3) is 0.267. The summed E-state index contributed by atoms with van der Waals surface area (Å²) < 4.78 is 0. The Bertz CT molecular complexity index is 729. The van der Waals surface area contributed by atoms with E-state index in [4.69, 9.17) is 11.6 Å². The normalized spacial score (nSPS) is 11.4. The predicted molar refractivity (Wildman–Crippen MR) is 86.5 cm³/mol. The quantitative estimate of drug-likeness (QED) is 0.672. The molecular weight excluding hydrogens is 304 g/mol. The first-order valence-corrected chi connectivity index (χ1v) is 8.04. The SMILES string of the molecule is CCN(Cc1ccccn1)Cc1nc(Cl)c2ccsc2n1. The molecule has 3 rings (SSSR count). The van der Waals surface area contributed by atoms with Gasteiger partial charge in [0.1, 0.15) is 15.8 Å². The van der Waals surface area contributed by atoms with Gasteiger partial charge in [-0.25, -0.2) is 9.97 Å². The molecule has 0 spiro atoms. The van der Waals surface area contributed by atoms with Gasteiger partial charge in [0.25, 0.3) is 0 Å². The van der Waals surface area contributed by atoms with E-state index in [9.17, 15) is 0 Å². The van der Waals surface area contributed by atoms with E-state index in [2.05, 4.69) is 26.8 Å². The average Bonchev–Trinajstić information content (AvgIpc) is 2.96. The molecule has 0 aliphatic heterocycles. The smallest absolute Gasteiger partial charge is 0.145 e. The van der Waals surface area contributed by atoms with Crippen LogP contribution in [0.1, 0.15) is 18.4 Å². The number of hydrogen-bond donors (Lipinski definition) is 0. The van der Waals surface area contributed by atoms with Gasteiger partial charge in [0, 0.05) is 18.1 Å². The second-order valence-corrected chi connectivity index (χ2v) is 5.95. The Labute approximate surface area is 132 Å². The van der Waals surface area contributed by atoms with Crippen LogP contribution in [0.2, 0.25) is 5.15 Å². The monoisotopic (exact) mass is 318 g/mol. The van der Waals surface area contributed by atoms with Crippen LogP contribution in [-0.4, -0.2) is 26.4 Å². The van der Waals surface area contributed by atoms with Crippen molar-refractivity contribution in [3.63, 3.8) is 0 Å². The average molecular weight is 319 g/mol. The molecule has 3 aromatic heterocycles. The third-order valence-corrected chi connectivity index (χ3v) is 4.34. The minimum atomic E-state index is 0.533. The van der Waals surface area contributed by atoms with Crippen molar-refractivity contribution in [3.8, 4) is 0 Å². The van der Waals surface area contributed by atoms with E-state index in [0.717, 1.165) is 34.8 Å². The summed E-state index contributed by atoms with van der Waals surface area (Å²) in [5.74, 6) is 0.757. The lowest BCUT2D eigenvalue weighted by Crippen LogP contribution is -2.24. The molecule has 3 heterocycles. The zero-order valence-electron chi connectivity index (χ0n) is 11.7. The van der Waals surface area contributed by atoms with Crippen LogP contribution >= 0.6 is 22.9 Å². The highest BCUT2D eigenvalue weighted by Gasteiger charge is 2.11. The Morgan fingerprint density at radius 2 is 2.10 bits per heavy atom. The fourth-order valence-electron chi connectivity index (χ4n) is 2.13. The zero-order valence-corrected chi connectivity index (χ0v) is 13.2. The van der Waals surface area contributed by atoms with Gasteiger partial charge in [-0.15, -0.1) is 11.3 Å². The molecular formula is C15H15ClN4S. The predicted octanol–water partition coefficient (Wildman–Crippen LogP) is 3.76. The molecule has 0 saturated heterocycles. The standard InChI is InChI=1S/C15H15ClN4S/c1-2-20(9-11-5-3-4-7-17-11)10-13-18-14(16)12-6-8-21-15(12)19-13/h3-8H,2,9-10H2,1H3. The molecule has 4 nitrogen and oxygen atoms in total. The summed E-state index contributed by atoms with van der Waals surface area (Å²) in [6.07, 6.45) is 1.81. The van der Waals surface area contributed by atoms with Gasteiger partial charge >= 0.3 is 0 Å². The molecule has 0 bridgehead atoms. The van der Waals surface area contributed by atoms with E-state index in [1.54, 1.807) is 11.3 Å². The van der Waals surface area contributed by atoms with Gasteiger partial charge in [0.15, 0.2) is 0 Å². The minimum absolute atomic E-state index is 0.533. The van der Waals surface area contributed by atoms with Crippen LogP contribution in [0.5, 0.6) is 0 Å². The molecule has 0 fully saturated rings. The summed E-state index contributed by atoms with van der Waals surface area (Å²) in [5.41, 5.74) is 1.04. The van der Waals surface area contributed by atoms with Crippen molar-refractivity contribution in [2.45, 2.75) is 20.0 Å². The van der Waals surface area contributed by atoms with Gasteiger partial charge in [-0.2, -0.15) is 0 Å². The zero-order chi connectivity index (χ0) is 14.7. The molecule has 3 aromatic rings. The van der Waals surface area contributed by atoms with E-state index in [1.165, 1.54) is 0 Å². The number of pyridine rings is 1. The molecule has 0 N–H and O–H groups in total. The molecule has 108 valence electrons. The Morgan fingerprint density at radius 3 is 2.86 bits per heavy atom. The van der Waals surface area contributed by atoms with Crippen LogP contribution in [0.3, 0.4) is 0 Å². The van der Waals surface area contributed by atoms with Crippen molar-refractivity contribution >= 4 is 33.2 Å². The lowest BCUT2D eigenvalue weighted by Gasteiger charge is -2.19. The van der Waals surface area contributed by atoms with Crippen LogP contribution in [-0.2, 0) is 13.1 Å². The Balaban J connectivity index is 1.79. The Kier molecular flexibility index (Phi) is 4.43. The van der Waals surface area contributed by atoms with Gasteiger partial charge < -0.3 is 0 Å². The number of hydrogen-bond acceptors (Lipinski definition) is 5. The molecule has 0 atom stereocenters. The summed E-state index contributed by atoms with van der Waals surface area (Å²) >= 11 is 7.80. The number of nitrogens with zero attached hydrogens (tertiary/aromatic N) is 4. The summed E-state index contributed by atoms with van der Waals surface area (Å²) in [6, 6.07) is 7.91.